The molecule has 0 aromatic heterocycles. The number of aliphatic carboxylic acids is 1. The smallest absolute Gasteiger partial charge is 0.307 e. The molecule has 0 aromatic rings. The molecule has 0 bridgehead atoms. The van der Waals surface area contributed by atoms with Crippen LogP contribution in [0.1, 0.15) is 20.3 Å². The lowest BCUT2D eigenvalue weighted by molar-refractivity contribution is -0.141. The number of hydrogen-bond donors (Lipinski definition) is 1. The highest BCUT2D eigenvalue weighted by Gasteiger charge is 2.66. The summed E-state index contributed by atoms with van der Waals surface area (Å²) in [5.41, 5.74) is -0.404. The Balaban J connectivity index is 2.48. The van der Waals surface area contributed by atoms with Gasteiger partial charge >= 0.3 is 5.97 Å². The van der Waals surface area contributed by atoms with Crippen molar-refractivity contribution in [3.05, 3.63) is 0 Å². The number of hydrogen-bond acceptors (Lipinski definition) is 3. The summed E-state index contributed by atoms with van der Waals surface area (Å²) < 4.78 is 0. The van der Waals surface area contributed by atoms with Crippen molar-refractivity contribution in [3.63, 3.8) is 0 Å². The number of carbonyl (C=O) groups excluding carboxylic acids is 1. The van der Waals surface area contributed by atoms with Crippen LogP contribution in [0, 0.1) is 17.3 Å². The number of carboxylic acids is 1. The standard InChI is InChI=1S/C13H24N2O3/c1-13(2)9(10(13)12(17)18)11(16)15(5)8-6-7-14(3)4/h9-10H,6-8H2,1-5H3,(H,17,18). The van der Waals surface area contributed by atoms with Crippen molar-refractivity contribution in [2.24, 2.45) is 17.3 Å². The van der Waals surface area contributed by atoms with Crippen molar-refractivity contribution < 1.29 is 14.7 Å². The Kier molecular flexibility index (Phi) is 4.37. The van der Waals surface area contributed by atoms with E-state index in [4.69, 9.17) is 5.11 Å². The molecule has 5 nitrogen and oxygen atoms in total. The molecule has 1 aliphatic carbocycles. The largest absolute Gasteiger partial charge is 0.481 e. The average Bonchev–Trinajstić information content (AvgIpc) is 2.79. The summed E-state index contributed by atoms with van der Waals surface area (Å²) >= 11 is 0. The monoisotopic (exact) mass is 256 g/mol. The van der Waals surface area contributed by atoms with Gasteiger partial charge < -0.3 is 14.9 Å². The Morgan fingerprint density at radius 2 is 1.67 bits per heavy atom. The molecule has 18 heavy (non-hydrogen) atoms. The van der Waals surface area contributed by atoms with E-state index >= 15 is 0 Å². The predicted octanol–water partition coefficient (Wildman–Crippen LogP) is 0.753. The van der Waals surface area contributed by atoms with Crippen molar-refractivity contribution in [3.8, 4) is 0 Å². The van der Waals surface area contributed by atoms with Crippen molar-refractivity contribution in [2.45, 2.75) is 20.3 Å². The van der Waals surface area contributed by atoms with E-state index in [2.05, 4.69) is 4.90 Å². The van der Waals surface area contributed by atoms with E-state index in [0.717, 1.165) is 13.0 Å². The number of carboxylic acid groups (broad SMARTS) is 1. The Hall–Kier alpha value is -1.10. The third kappa shape index (κ3) is 3.02. The molecule has 2 atom stereocenters. The van der Waals surface area contributed by atoms with E-state index < -0.39 is 17.3 Å². The lowest BCUT2D eigenvalue weighted by Crippen LogP contribution is -2.32. The molecule has 1 aliphatic rings. The molecule has 0 saturated heterocycles. The molecule has 0 spiro atoms. The maximum atomic E-state index is 12.2. The molecule has 1 amide bonds. The van der Waals surface area contributed by atoms with Crippen LogP contribution in [0.25, 0.3) is 0 Å². The SMILES string of the molecule is CN(C)CCCN(C)C(=O)C1C(C(=O)O)C1(C)C. The van der Waals surface area contributed by atoms with Crippen molar-refractivity contribution >= 4 is 11.9 Å². The topological polar surface area (TPSA) is 60.9 Å². The normalized spacial score (nSPS) is 25.0. The zero-order valence-electron chi connectivity index (χ0n) is 11.9. The molecule has 2 unspecified atom stereocenters. The summed E-state index contributed by atoms with van der Waals surface area (Å²) in [5.74, 6) is -1.79. The van der Waals surface area contributed by atoms with E-state index in [1.807, 2.05) is 27.9 Å². The Labute approximate surface area is 109 Å². The van der Waals surface area contributed by atoms with Crippen LogP contribution in [-0.2, 0) is 9.59 Å². The quantitative estimate of drug-likeness (QED) is 0.762. The van der Waals surface area contributed by atoms with Gasteiger partial charge in [-0.2, -0.15) is 0 Å². The minimum atomic E-state index is -0.861. The zero-order chi connectivity index (χ0) is 14.1. The lowest BCUT2D eigenvalue weighted by Gasteiger charge is -2.19. The molecule has 1 N–H and O–H groups in total. The van der Waals surface area contributed by atoms with Gasteiger partial charge in [-0.25, -0.2) is 0 Å². The fraction of sp³-hybridized carbons (Fsp3) is 0.846. The molecular formula is C13H24N2O3. The summed E-state index contributed by atoms with van der Waals surface area (Å²) in [4.78, 5) is 26.9. The van der Waals surface area contributed by atoms with Gasteiger partial charge in [0.05, 0.1) is 11.8 Å². The van der Waals surface area contributed by atoms with Gasteiger partial charge in [0, 0.05) is 13.6 Å². The number of nitrogens with zero attached hydrogens (tertiary/aromatic N) is 2. The highest BCUT2D eigenvalue weighted by molar-refractivity contribution is 5.91. The van der Waals surface area contributed by atoms with Gasteiger partial charge in [0.1, 0.15) is 0 Å². The summed E-state index contributed by atoms with van der Waals surface area (Å²) in [7, 11) is 5.74. The van der Waals surface area contributed by atoms with E-state index in [-0.39, 0.29) is 11.8 Å². The number of amides is 1. The summed E-state index contributed by atoms with van der Waals surface area (Å²) in [6, 6.07) is 0. The molecule has 104 valence electrons. The fourth-order valence-corrected chi connectivity index (χ4v) is 2.53. The van der Waals surface area contributed by atoms with E-state index in [1.165, 1.54) is 0 Å². The Morgan fingerprint density at radius 1 is 1.11 bits per heavy atom. The van der Waals surface area contributed by atoms with Crippen LogP contribution < -0.4 is 0 Å². The van der Waals surface area contributed by atoms with E-state index in [0.29, 0.717) is 6.54 Å². The number of rotatable bonds is 6. The minimum Gasteiger partial charge on any atom is -0.481 e. The highest BCUT2D eigenvalue weighted by Crippen LogP contribution is 2.58. The van der Waals surface area contributed by atoms with Gasteiger partial charge in [0.25, 0.3) is 0 Å². The van der Waals surface area contributed by atoms with Crippen molar-refractivity contribution in [1.82, 2.24) is 9.80 Å². The summed E-state index contributed by atoms with van der Waals surface area (Å²) in [6.45, 7) is 5.30. The third-order valence-corrected chi connectivity index (χ3v) is 3.83. The lowest BCUT2D eigenvalue weighted by atomic mass is 10.1. The van der Waals surface area contributed by atoms with Gasteiger partial charge in [0.15, 0.2) is 0 Å². The van der Waals surface area contributed by atoms with Gasteiger partial charge in [-0.15, -0.1) is 0 Å². The molecule has 5 heteroatoms. The second-order valence-corrected chi connectivity index (χ2v) is 6.03. The molecule has 0 aliphatic heterocycles. The maximum Gasteiger partial charge on any atom is 0.307 e. The molecular weight excluding hydrogens is 232 g/mol. The number of carbonyl (C=O) groups is 2. The van der Waals surface area contributed by atoms with Crippen LogP contribution in [0.3, 0.4) is 0 Å². The second kappa shape index (κ2) is 5.26. The zero-order valence-corrected chi connectivity index (χ0v) is 11.9. The summed E-state index contributed by atoms with van der Waals surface area (Å²) in [5, 5.41) is 9.06. The average molecular weight is 256 g/mol. The van der Waals surface area contributed by atoms with Crippen LogP contribution in [-0.4, -0.2) is 61.0 Å². The molecule has 1 saturated carbocycles. The van der Waals surface area contributed by atoms with Crippen LogP contribution in [0.15, 0.2) is 0 Å². The van der Waals surface area contributed by atoms with Gasteiger partial charge in [-0.1, -0.05) is 13.8 Å². The van der Waals surface area contributed by atoms with E-state index in [9.17, 15) is 9.59 Å². The summed E-state index contributed by atoms with van der Waals surface area (Å²) in [6.07, 6.45) is 0.903. The van der Waals surface area contributed by atoms with E-state index in [1.54, 1.807) is 11.9 Å². The Morgan fingerprint density at radius 3 is 2.06 bits per heavy atom. The molecule has 0 aromatic carbocycles. The molecule has 0 heterocycles. The third-order valence-electron chi connectivity index (χ3n) is 3.83. The second-order valence-electron chi connectivity index (χ2n) is 6.03. The van der Waals surface area contributed by atoms with Crippen LogP contribution in [0.4, 0.5) is 0 Å². The van der Waals surface area contributed by atoms with Crippen molar-refractivity contribution in [2.75, 3.05) is 34.2 Å². The Bertz CT molecular complexity index is 339. The van der Waals surface area contributed by atoms with Crippen LogP contribution in [0.2, 0.25) is 0 Å². The van der Waals surface area contributed by atoms with Crippen LogP contribution >= 0.6 is 0 Å². The van der Waals surface area contributed by atoms with Gasteiger partial charge in [0.2, 0.25) is 5.91 Å². The van der Waals surface area contributed by atoms with Crippen LogP contribution in [0.5, 0.6) is 0 Å². The molecule has 0 radical (unpaired) electrons. The molecule has 1 fully saturated rings. The first-order chi connectivity index (χ1) is 8.19. The maximum absolute atomic E-state index is 12.2. The van der Waals surface area contributed by atoms with Crippen molar-refractivity contribution in [1.29, 1.82) is 0 Å². The first kappa shape index (κ1) is 15.0. The van der Waals surface area contributed by atoms with Gasteiger partial charge in [-0.05, 0) is 32.5 Å². The first-order valence-electron chi connectivity index (χ1n) is 6.32. The minimum absolute atomic E-state index is 0.0360. The highest BCUT2D eigenvalue weighted by atomic mass is 16.4. The van der Waals surface area contributed by atoms with Gasteiger partial charge in [-0.3, -0.25) is 9.59 Å². The predicted molar refractivity (Wildman–Crippen MR) is 69.2 cm³/mol. The molecule has 1 rings (SSSR count). The first-order valence-corrected chi connectivity index (χ1v) is 6.32. The fourth-order valence-electron chi connectivity index (χ4n) is 2.53.